The molecule has 7 aromatic rings. The van der Waals surface area contributed by atoms with Crippen molar-refractivity contribution in [1.82, 2.24) is 0 Å². The lowest BCUT2D eigenvalue weighted by Gasteiger charge is -2.12. The minimum atomic E-state index is -4.83. The van der Waals surface area contributed by atoms with Crippen molar-refractivity contribution in [3.05, 3.63) is 180 Å². The molecule has 6 aromatic carbocycles. The second kappa shape index (κ2) is 30.2. The number of rotatable bonds is 27. The van der Waals surface area contributed by atoms with Gasteiger partial charge < -0.3 is 43.7 Å². The number of nitrogens with one attached hydrogen (secondary N) is 3. The number of carbonyl (C=O) groups is 3. The molecule has 21 nitrogen and oxygen atoms in total. The highest BCUT2D eigenvalue weighted by molar-refractivity contribution is 7.94. The average Bonchev–Trinajstić information content (AvgIpc) is 4.00. The summed E-state index contributed by atoms with van der Waals surface area (Å²) in [5.41, 5.74) is 1.41. The molecule has 6 N–H and O–H groups in total. The van der Waals surface area contributed by atoms with Gasteiger partial charge in [-0.05, 0) is 171 Å². The smallest absolute Gasteiger partial charge is 0.404 e. The molecule has 0 aliphatic heterocycles. The number of benzene rings is 6. The number of carboxylic acid groups (broad SMARTS) is 3. The van der Waals surface area contributed by atoms with Gasteiger partial charge in [0.25, 0.3) is 10.0 Å². The van der Waals surface area contributed by atoms with Gasteiger partial charge in [-0.15, -0.1) is 11.3 Å². The molecule has 0 spiro atoms. The maximum Gasteiger partial charge on any atom is 0.404 e. The van der Waals surface area contributed by atoms with Crippen molar-refractivity contribution in [2.75, 3.05) is 59.6 Å². The number of carboxylic acids is 3. The maximum absolute atomic E-state index is 12.2. The van der Waals surface area contributed by atoms with E-state index >= 15 is 0 Å². The third-order valence-electron chi connectivity index (χ3n) is 10.2. The Kier molecular flexibility index (Phi) is 23.6. The molecule has 0 saturated carbocycles. The topological polar surface area (TPSA) is 306 Å². The molecule has 0 amide bonds. The van der Waals surface area contributed by atoms with Crippen LogP contribution >= 0.6 is 11.3 Å². The molecular formula is C54H54F3N3O18S4. The number of ether oxygens (including phenoxy) is 6. The van der Waals surface area contributed by atoms with Crippen LogP contribution in [-0.4, -0.2) is 115 Å². The van der Waals surface area contributed by atoms with Crippen molar-refractivity contribution < 1.29 is 96.5 Å². The first-order chi connectivity index (χ1) is 38.8. The average molecular weight is 1220 g/mol. The van der Waals surface area contributed by atoms with Crippen LogP contribution < -0.4 is 42.6 Å². The molecule has 0 aliphatic rings. The van der Waals surface area contributed by atoms with E-state index in [0.29, 0.717) is 45.9 Å². The molecule has 0 fully saturated rings. The summed E-state index contributed by atoms with van der Waals surface area (Å²) in [6, 6.07) is 39.7. The van der Waals surface area contributed by atoms with Gasteiger partial charge in [-0.25, -0.2) is 39.6 Å². The van der Waals surface area contributed by atoms with E-state index in [0.717, 1.165) is 11.3 Å². The molecule has 438 valence electrons. The molecule has 0 atom stereocenters. The van der Waals surface area contributed by atoms with Gasteiger partial charge in [0.1, 0.15) is 78.3 Å². The van der Waals surface area contributed by atoms with Gasteiger partial charge in [-0.1, -0.05) is 6.07 Å². The van der Waals surface area contributed by atoms with Crippen LogP contribution in [0.4, 0.5) is 30.2 Å². The van der Waals surface area contributed by atoms with E-state index in [9.17, 15) is 52.8 Å². The van der Waals surface area contributed by atoms with Gasteiger partial charge in [-0.3, -0.25) is 14.2 Å². The summed E-state index contributed by atoms with van der Waals surface area (Å²) in [6.45, 7) is 4.64. The number of halogens is 3. The van der Waals surface area contributed by atoms with Crippen LogP contribution in [0.15, 0.2) is 167 Å². The molecule has 0 bridgehead atoms. The largest absolute Gasteiger partial charge is 0.490 e. The highest BCUT2D eigenvalue weighted by Gasteiger charge is 2.35. The van der Waals surface area contributed by atoms with Crippen LogP contribution in [0.2, 0.25) is 0 Å². The van der Waals surface area contributed by atoms with Crippen molar-refractivity contribution >= 4 is 76.4 Å². The van der Waals surface area contributed by atoms with Crippen molar-refractivity contribution in [2.24, 2.45) is 0 Å². The quantitative estimate of drug-likeness (QED) is 0.0261. The Morgan fingerprint density at radius 1 is 0.451 bits per heavy atom. The summed E-state index contributed by atoms with van der Waals surface area (Å²) < 4.78 is 147. The fraction of sp³-hybridized carbons (Fsp3) is 0.204. The second-order valence-corrected chi connectivity index (χ2v) is 23.7. The molecule has 82 heavy (non-hydrogen) atoms. The van der Waals surface area contributed by atoms with Gasteiger partial charge in [0.15, 0.2) is 5.75 Å². The Bertz CT molecular complexity index is 3490. The Morgan fingerprint density at radius 2 is 0.732 bits per heavy atom. The molecule has 0 saturated heterocycles. The first-order valence-electron chi connectivity index (χ1n) is 24.0. The Hall–Kier alpha value is -8.73. The van der Waals surface area contributed by atoms with E-state index in [1.807, 2.05) is 4.72 Å². The first-order valence-corrected chi connectivity index (χ1v) is 29.5. The first kappa shape index (κ1) is 64.1. The number of hydrogen-bond donors (Lipinski definition) is 6. The van der Waals surface area contributed by atoms with Gasteiger partial charge in [-0.2, -0.15) is 13.2 Å². The summed E-state index contributed by atoms with van der Waals surface area (Å²) in [7, 11) is -11.5. The zero-order valence-corrected chi connectivity index (χ0v) is 46.6. The Balaban J connectivity index is 0.000000226. The van der Waals surface area contributed by atoms with Crippen molar-refractivity contribution in [3.63, 3.8) is 0 Å². The van der Waals surface area contributed by atoms with Crippen LogP contribution in [0.5, 0.6) is 34.5 Å². The van der Waals surface area contributed by atoms with E-state index in [1.165, 1.54) is 72.8 Å². The number of thiophene rings is 1. The molecule has 28 heteroatoms. The summed E-state index contributed by atoms with van der Waals surface area (Å²) in [4.78, 5) is 32.3. The minimum absolute atomic E-state index is 0.0219. The standard InChI is InChI=1S/C19H17NO6S2.C18H21NO6S.C17H16F3NO6S/c21-19(22)14-3-7-16(8-4-14)25-11-12-26-17-9-5-15(6-10-17)20-28(23,24)18-2-1-13-27-18;1-13(2)26(22,23)19-15-5-9-17(10-6-15)25-12-11-24-16-7-3-14(4-8-16)18(20)21;18-17(19,20)11-28(24,25)21-13-3-7-15(8-4-13)27-10-9-26-14-5-1-12(2-6-14)16(22)23/h1-10,13,20H,11-12H2,(H,21,22);3-10,13,19H,11-12H2,1-2H3,(H,20,21);1-8,21H,9-11H2,(H,22,23). The second-order valence-electron chi connectivity index (χ2n) is 16.9. The highest BCUT2D eigenvalue weighted by Crippen LogP contribution is 2.25. The van der Waals surface area contributed by atoms with E-state index in [4.69, 9.17) is 43.7 Å². The van der Waals surface area contributed by atoms with Crippen LogP contribution in [0.25, 0.3) is 0 Å². The van der Waals surface area contributed by atoms with E-state index in [1.54, 1.807) is 104 Å². The number of alkyl halides is 3. The van der Waals surface area contributed by atoms with Crippen LogP contribution in [-0.2, 0) is 30.1 Å². The van der Waals surface area contributed by atoms with Gasteiger partial charge >= 0.3 is 24.1 Å². The summed E-state index contributed by atoms with van der Waals surface area (Å²) in [6.07, 6.45) is -4.83. The molecule has 7 rings (SSSR count). The fourth-order valence-electron chi connectivity index (χ4n) is 6.23. The molecule has 0 aliphatic carbocycles. The fourth-order valence-corrected chi connectivity index (χ4v) is 9.98. The lowest BCUT2D eigenvalue weighted by atomic mass is 10.2. The molecule has 0 unspecified atom stereocenters. The third-order valence-corrected chi connectivity index (χ3v) is 16.0. The van der Waals surface area contributed by atoms with Gasteiger partial charge in [0.2, 0.25) is 20.0 Å². The predicted molar refractivity (Wildman–Crippen MR) is 299 cm³/mol. The monoisotopic (exact) mass is 1220 g/mol. The summed E-state index contributed by atoms with van der Waals surface area (Å²) in [5.74, 6) is -1.90. The Labute approximate surface area is 474 Å². The van der Waals surface area contributed by atoms with Crippen LogP contribution in [0, 0.1) is 0 Å². The SMILES string of the molecule is CC(C)S(=O)(=O)Nc1ccc(OCCOc2ccc(C(=O)O)cc2)cc1.O=C(O)c1ccc(OCCOc2ccc(NS(=O)(=O)CC(F)(F)F)cc2)cc1.O=C(O)c1ccc(OCCOc2ccc(NS(=O)(=O)c3cccs3)cc2)cc1. The van der Waals surface area contributed by atoms with E-state index < -0.39 is 65.2 Å². The maximum atomic E-state index is 12.2. The molecular weight excluding hydrogens is 1160 g/mol. The van der Waals surface area contributed by atoms with Crippen molar-refractivity contribution in [2.45, 2.75) is 29.5 Å². The number of sulfonamides is 3. The van der Waals surface area contributed by atoms with Crippen molar-refractivity contribution in [3.8, 4) is 34.5 Å². The molecule has 1 aromatic heterocycles. The minimum Gasteiger partial charge on any atom is -0.490 e. The molecule has 0 radical (unpaired) electrons. The zero-order valence-electron chi connectivity index (χ0n) is 43.3. The summed E-state index contributed by atoms with van der Waals surface area (Å²) in [5, 5.41) is 27.7. The Morgan fingerprint density at radius 3 is 0.988 bits per heavy atom. The van der Waals surface area contributed by atoms with Gasteiger partial charge in [0, 0.05) is 17.1 Å². The number of anilines is 3. The lowest BCUT2D eigenvalue weighted by Crippen LogP contribution is -2.27. The van der Waals surface area contributed by atoms with Crippen LogP contribution in [0.1, 0.15) is 44.9 Å². The third kappa shape index (κ3) is 22.8. The van der Waals surface area contributed by atoms with E-state index in [2.05, 4.69) is 9.44 Å². The highest BCUT2D eigenvalue weighted by atomic mass is 32.2. The van der Waals surface area contributed by atoms with Crippen LogP contribution in [0.3, 0.4) is 0 Å². The number of hydrogen-bond acceptors (Lipinski definition) is 16. The normalized spacial score (nSPS) is 11.3. The number of aromatic carboxylic acids is 3. The van der Waals surface area contributed by atoms with E-state index in [-0.39, 0.29) is 66.2 Å². The molecule has 1 heterocycles. The lowest BCUT2D eigenvalue weighted by molar-refractivity contribution is -0.106. The predicted octanol–water partition coefficient (Wildman–Crippen LogP) is 9.84. The summed E-state index contributed by atoms with van der Waals surface area (Å²) >= 11 is 1.15. The van der Waals surface area contributed by atoms with Crippen molar-refractivity contribution in [1.29, 1.82) is 0 Å². The zero-order chi connectivity index (χ0) is 59.9. The van der Waals surface area contributed by atoms with Gasteiger partial charge in [0.05, 0.1) is 21.9 Å².